The van der Waals surface area contributed by atoms with Crippen molar-refractivity contribution in [2.75, 3.05) is 39.4 Å². The second-order valence-electron chi connectivity index (χ2n) is 7.80. The van der Waals surface area contributed by atoms with Crippen molar-refractivity contribution in [3.63, 3.8) is 0 Å². The highest BCUT2D eigenvalue weighted by Gasteiger charge is 2.46. The zero-order chi connectivity index (χ0) is 23.5. The molecule has 0 bridgehead atoms. The summed E-state index contributed by atoms with van der Waals surface area (Å²) in [6.45, 7) is 3.47. The van der Waals surface area contributed by atoms with Crippen LogP contribution < -0.4 is 0 Å². The normalized spacial score (nSPS) is 20.9. The molecule has 2 aromatic rings. The molecule has 1 atom stereocenters. The molecule has 0 aromatic heterocycles. The summed E-state index contributed by atoms with van der Waals surface area (Å²) in [5, 5.41) is 22.1. The molecule has 0 aliphatic carbocycles. The van der Waals surface area contributed by atoms with E-state index in [1.807, 2.05) is 0 Å². The Kier molecular flexibility index (Phi) is 6.87. The zero-order valence-corrected chi connectivity index (χ0v) is 19.2. The lowest BCUT2D eigenvalue weighted by Gasteiger charge is -2.31. The van der Waals surface area contributed by atoms with E-state index < -0.39 is 22.7 Å². The fourth-order valence-corrected chi connectivity index (χ4v) is 4.34. The van der Waals surface area contributed by atoms with E-state index >= 15 is 0 Å². The minimum absolute atomic E-state index is 0.0295. The second-order valence-corrected chi connectivity index (χ2v) is 8.72. The first-order valence-electron chi connectivity index (χ1n) is 10.5. The molecule has 10 heteroatoms. The Labute approximate surface area is 198 Å². The van der Waals surface area contributed by atoms with Gasteiger partial charge in [0.25, 0.3) is 17.4 Å². The highest BCUT2D eigenvalue weighted by atomic mass is 79.9. The molecule has 0 spiro atoms. The van der Waals surface area contributed by atoms with Crippen molar-refractivity contribution in [2.45, 2.75) is 6.04 Å². The number of nitrogens with zero attached hydrogens (tertiary/aromatic N) is 3. The maximum absolute atomic E-state index is 13.0. The van der Waals surface area contributed by atoms with Gasteiger partial charge in [0.1, 0.15) is 5.76 Å². The summed E-state index contributed by atoms with van der Waals surface area (Å²) >= 11 is 3.34. The minimum Gasteiger partial charge on any atom is -0.507 e. The predicted octanol–water partition coefficient (Wildman–Crippen LogP) is 3.11. The van der Waals surface area contributed by atoms with Crippen molar-refractivity contribution in [1.29, 1.82) is 0 Å². The van der Waals surface area contributed by atoms with Crippen LogP contribution in [0.15, 0.2) is 58.6 Å². The molecule has 0 unspecified atom stereocenters. The van der Waals surface area contributed by atoms with Gasteiger partial charge in [0.2, 0.25) is 0 Å². The van der Waals surface area contributed by atoms with Gasteiger partial charge in [0, 0.05) is 48.3 Å². The lowest BCUT2D eigenvalue weighted by atomic mass is 9.95. The van der Waals surface area contributed by atoms with Crippen LogP contribution in [0, 0.1) is 10.1 Å². The number of hydrogen-bond donors (Lipinski definition) is 1. The van der Waals surface area contributed by atoms with Crippen LogP contribution in [0.3, 0.4) is 0 Å². The quantitative estimate of drug-likeness (QED) is 0.206. The van der Waals surface area contributed by atoms with Crippen molar-refractivity contribution >= 4 is 39.1 Å². The third kappa shape index (κ3) is 4.82. The summed E-state index contributed by atoms with van der Waals surface area (Å²) in [5.74, 6) is -1.76. The van der Waals surface area contributed by atoms with Crippen LogP contribution >= 0.6 is 15.9 Å². The molecule has 33 heavy (non-hydrogen) atoms. The number of ether oxygens (including phenoxy) is 1. The summed E-state index contributed by atoms with van der Waals surface area (Å²) in [6.07, 6.45) is 0. The van der Waals surface area contributed by atoms with Crippen LogP contribution in [0.25, 0.3) is 5.76 Å². The Hall–Kier alpha value is -3.08. The molecule has 4 rings (SSSR count). The van der Waals surface area contributed by atoms with Gasteiger partial charge >= 0.3 is 0 Å². The lowest BCUT2D eigenvalue weighted by molar-refractivity contribution is -0.384. The number of amides is 1. The van der Waals surface area contributed by atoms with Crippen LogP contribution in [0.4, 0.5) is 5.69 Å². The molecule has 2 fully saturated rings. The molecule has 1 N–H and O–H groups in total. The Morgan fingerprint density at radius 3 is 2.30 bits per heavy atom. The number of benzene rings is 2. The SMILES string of the molecule is O=C1C(=O)N(CCN2CCOCC2)[C@H](c2ccc([N+](=O)[O-])cc2)C1=C(O)c1ccc(Br)cc1. The molecule has 2 heterocycles. The minimum atomic E-state index is -0.851. The predicted molar refractivity (Wildman–Crippen MR) is 124 cm³/mol. The Bertz CT molecular complexity index is 1090. The third-order valence-corrected chi connectivity index (χ3v) is 6.37. The standard InChI is InChI=1S/C23H22BrN3O6/c24-17-5-1-16(2-6-17)21(28)19-20(15-3-7-18(8-4-15)27(31)32)26(23(30)22(19)29)10-9-25-11-13-33-14-12-25/h1-8,20,28H,9-14H2/t20-/m1/s1. The fourth-order valence-electron chi connectivity index (χ4n) is 4.07. The topological polar surface area (TPSA) is 113 Å². The number of nitro groups is 1. The van der Waals surface area contributed by atoms with Crippen LogP contribution in [0.2, 0.25) is 0 Å². The van der Waals surface area contributed by atoms with Gasteiger partial charge in [-0.2, -0.15) is 0 Å². The first kappa shape index (κ1) is 23.1. The summed E-state index contributed by atoms with van der Waals surface area (Å²) in [7, 11) is 0. The number of nitro benzene ring substituents is 1. The van der Waals surface area contributed by atoms with Gasteiger partial charge in [0.15, 0.2) is 0 Å². The number of ketones is 1. The van der Waals surface area contributed by atoms with Gasteiger partial charge in [-0.3, -0.25) is 24.6 Å². The summed E-state index contributed by atoms with van der Waals surface area (Å²) in [6, 6.07) is 11.6. The molecular weight excluding hydrogens is 494 g/mol. The number of morpholine rings is 1. The molecule has 0 radical (unpaired) electrons. The van der Waals surface area contributed by atoms with Crippen LogP contribution in [-0.2, 0) is 14.3 Å². The molecule has 2 aliphatic rings. The Morgan fingerprint density at radius 2 is 1.70 bits per heavy atom. The van der Waals surface area contributed by atoms with Crippen LogP contribution in [0.5, 0.6) is 0 Å². The molecule has 172 valence electrons. The smallest absolute Gasteiger partial charge is 0.295 e. The number of carbonyl (C=O) groups is 2. The Balaban J connectivity index is 1.74. The maximum atomic E-state index is 13.0. The van der Waals surface area contributed by atoms with Crippen molar-refractivity contribution in [1.82, 2.24) is 9.80 Å². The summed E-state index contributed by atoms with van der Waals surface area (Å²) in [4.78, 5) is 40.2. The number of non-ortho nitro benzene ring substituents is 1. The van der Waals surface area contributed by atoms with Crippen molar-refractivity contribution in [2.24, 2.45) is 0 Å². The zero-order valence-electron chi connectivity index (χ0n) is 17.6. The average molecular weight is 516 g/mol. The maximum Gasteiger partial charge on any atom is 0.295 e. The summed E-state index contributed by atoms with van der Waals surface area (Å²) in [5.41, 5.74) is 0.784. The molecule has 2 aliphatic heterocycles. The van der Waals surface area contributed by atoms with Crippen molar-refractivity contribution in [3.05, 3.63) is 79.8 Å². The van der Waals surface area contributed by atoms with Crippen LogP contribution in [-0.4, -0.2) is 70.9 Å². The number of hydrogen-bond acceptors (Lipinski definition) is 7. The van der Waals surface area contributed by atoms with E-state index in [2.05, 4.69) is 20.8 Å². The molecule has 2 saturated heterocycles. The van der Waals surface area contributed by atoms with Crippen molar-refractivity contribution in [3.8, 4) is 0 Å². The number of likely N-dealkylation sites (tertiary alicyclic amines) is 1. The van der Waals surface area contributed by atoms with Crippen LogP contribution in [0.1, 0.15) is 17.2 Å². The van der Waals surface area contributed by atoms with E-state index in [0.29, 0.717) is 30.9 Å². The van der Waals surface area contributed by atoms with Gasteiger partial charge < -0.3 is 14.7 Å². The second kappa shape index (κ2) is 9.82. The van der Waals surface area contributed by atoms with Gasteiger partial charge in [-0.05, 0) is 29.8 Å². The first-order chi connectivity index (χ1) is 15.9. The van der Waals surface area contributed by atoms with Crippen molar-refractivity contribution < 1.29 is 24.4 Å². The first-order valence-corrected chi connectivity index (χ1v) is 11.2. The number of halogens is 1. The van der Waals surface area contributed by atoms with E-state index in [1.165, 1.54) is 29.2 Å². The third-order valence-electron chi connectivity index (χ3n) is 5.84. The molecule has 2 aromatic carbocycles. The van der Waals surface area contributed by atoms with E-state index in [0.717, 1.165) is 17.6 Å². The lowest BCUT2D eigenvalue weighted by Crippen LogP contribution is -2.42. The molecular formula is C23H22BrN3O6. The largest absolute Gasteiger partial charge is 0.507 e. The van der Waals surface area contributed by atoms with E-state index in [9.17, 15) is 24.8 Å². The molecule has 9 nitrogen and oxygen atoms in total. The average Bonchev–Trinajstić information content (AvgIpc) is 3.08. The highest BCUT2D eigenvalue weighted by molar-refractivity contribution is 9.10. The molecule has 1 amide bonds. The molecule has 0 saturated carbocycles. The number of aliphatic hydroxyl groups excluding tert-OH is 1. The van der Waals surface area contributed by atoms with E-state index in [4.69, 9.17) is 4.74 Å². The van der Waals surface area contributed by atoms with E-state index in [1.54, 1.807) is 24.3 Å². The van der Waals surface area contributed by atoms with E-state index in [-0.39, 0.29) is 23.6 Å². The Morgan fingerprint density at radius 1 is 1.06 bits per heavy atom. The number of Topliss-reactive ketones (excluding diaryl/α,β-unsaturated/α-hetero) is 1. The summed E-state index contributed by atoms with van der Waals surface area (Å²) < 4.78 is 6.16. The number of rotatable bonds is 6. The fraction of sp³-hybridized carbons (Fsp3) is 0.304. The van der Waals surface area contributed by atoms with Gasteiger partial charge in [-0.1, -0.05) is 28.1 Å². The number of carbonyl (C=O) groups excluding carboxylic acids is 2. The van der Waals surface area contributed by atoms with Gasteiger partial charge in [0.05, 0.1) is 29.8 Å². The monoisotopic (exact) mass is 515 g/mol. The highest BCUT2D eigenvalue weighted by Crippen LogP contribution is 2.39. The van der Waals surface area contributed by atoms with Gasteiger partial charge in [-0.25, -0.2) is 0 Å². The van der Waals surface area contributed by atoms with Gasteiger partial charge in [-0.15, -0.1) is 0 Å². The number of aliphatic hydroxyl groups is 1.